The minimum Gasteiger partial charge on any atom is -0.462 e. The molecule has 2 saturated heterocycles. The molecule has 0 bridgehead atoms. The number of rotatable bonds is 7. The first-order chi connectivity index (χ1) is 21.9. The molecule has 3 fully saturated rings. The molecule has 246 valence electrons. The largest absolute Gasteiger partial charge is 0.462 e. The van der Waals surface area contributed by atoms with Crippen LogP contribution in [0.2, 0.25) is 5.02 Å². The second-order valence-corrected chi connectivity index (χ2v) is 12.3. The van der Waals surface area contributed by atoms with E-state index in [0.29, 0.717) is 50.6 Å². The van der Waals surface area contributed by atoms with Crippen molar-refractivity contribution in [3.05, 3.63) is 64.9 Å². The fourth-order valence-corrected chi connectivity index (χ4v) is 6.57. The number of carbonyl (C=O) groups excluding carboxylic acids is 2. The number of aromatic nitrogens is 2. The fraction of sp³-hybridized carbons (Fsp3) is 0.469. The van der Waals surface area contributed by atoms with Gasteiger partial charge in [0.2, 0.25) is 5.91 Å². The zero-order valence-electron chi connectivity index (χ0n) is 25.1. The average Bonchev–Trinajstić information content (AvgIpc) is 3.44. The van der Waals surface area contributed by atoms with E-state index in [9.17, 15) is 31.5 Å². The zero-order valence-corrected chi connectivity index (χ0v) is 25.8. The van der Waals surface area contributed by atoms with Crippen molar-refractivity contribution in [1.29, 1.82) is 0 Å². The SMILES string of the molecule is CCOC(=O)c1cnn(C2CCCN(c3cc(Cl)ccc3-c3ccc(N4CCN(C(=O)C5CC5(F)F)CC4)cc3)C2)c1C(F)(F)F. The van der Waals surface area contributed by atoms with Crippen LogP contribution in [-0.4, -0.2) is 78.4 Å². The van der Waals surface area contributed by atoms with E-state index < -0.39 is 47.2 Å². The number of anilines is 2. The Kier molecular flexibility index (Phi) is 8.64. The first-order valence-corrected chi connectivity index (χ1v) is 15.6. The van der Waals surface area contributed by atoms with Gasteiger partial charge in [-0.25, -0.2) is 13.6 Å². The van der Waals surface area contributed by atoms with Crippen LogP contribution in [0, 0.1) is 5.92 Å². The van der Waals surface area contributed by atoms with Crippen LogP contribution in [-0.2, 0) is 15.7 Å². The number of carbonyl (C=O) groups is 2. The van der Waals surface area contributed by atoms with Gasteiger partial charge in [0, 0.05) is 67.7 Å². The fourth-order valence-electron chi connectivity index (χ4n) is 6.40. The van der Waals surface area contributed by atoms with Crippen LogP contribution in [0.25, 0.3) is 11.1 Å². The van der Waals surface area contributed by atoms with Crippen LogP contribution in [0.15, 0.2) is 48.7 Å². The molecule has 6 rings (SSSR count). The minimum atomic E-state index is -4.81. The molecule has 0 N–H and O–H groups in total. The van der Waals surface area contributed by atoms with Crippen molar-refractivity contribution in [3.8, 4) is 11.1 Å². The van der Waals surface area contributed by atoms with E-state index in [0.717, 1.165) is 33.4 Å². The molecular weight excluding hydrogens is 633 g/mol. The summed E-state index contributed by atoms with van der Waals surface area (Å²) in [6.07, 6.45) is -3.22. The molecule has 14 heteroatoms. The molecule has 1 saturated carbocycles. The van der Waals surface area contributed by atoms with Gasteiger partial charge in [-0.3, -0.25) is 9.48 Å². The third-order valence-corrected chi connectivity index (χ3v) is 9.10. The van der Waals surface area contributed by atoms with Crippen LogP contribution in [0.5, 0.6) is 0 Å². The van der Waals surface area contributed by atoms with Gasteiger partial charge in [0.25, 0.3) is 5.92 Å². The maximum absolute atomic E-state index is 14.2. The lowest BCUT2D eigenvalue weighted by molar-refractivity contribution is -0.145. The van der Waals surface area contributed by atoms with Crippen LogP contribution in [0.3, 0.4) is 0 Å². The highest BCUT2D eigenvalue weighted by atomic mass is 35.5. The standard InChI is InChI=1S/C32H33ClF5N5O3/c1-2-46-30(45)25-18-39-43(28(25)32(36,37)38)23-4-3-11-42(19-23)27-16-21(33)7-10-24(27)20-5-8-22(9-6-20)40-12-14-41(15-13-40)29(44)26-17-31(26,34)35/h5-10,16,18,23,26H,2-4,11-15,17,19H2,1H3. The van der Waals surface area contributed by atoms with E-state index in [2.05, 4.69) is 10.00 Å². The Labute approximate surface area is 267 Å². The zero-order chi connectivity index (χ0) is 32.8. The number of piperazine rings is 1. The van der Waals surface area contributed by atoms with Gasteiger partial charge in [-0.15, -0.1) is 0 Å². The van der Waals surface area contributed by atoms with Gasteiger partial charge in [0.1, 0.15) is 11.5 Å². The first-order valence-electron chi connectivity index (χ1n) is 15.3. The summed E-state index contributed by atoms with van der Waals surface area (Å²) >= 11 is 6.41. The molecule has 3 heterocycles. The monoisotopic (exact) mass is 665 g/mol. The highest BCUT2D eigenvalue weighted by Gasteiger charge is 2.62. The number of benzene rings is 2. The molecule has 3 aliphatic rings. The molecule has 8 nitrogen and oxygen atoms in total. The number of hydrogen-bond acceptors (Lipinski definition) is 6. The normalized spacial score (nSPS) is 21.3. The molecule has 1 aliphatic carbocycles. The summed E-state index contributed by atoms with van der Waals surface area (Å²) in [5.74, 6) is -5.60. The van der Waals surface area contributed by atoms with Crippen molar-refractivity contribution in [1.82, 2.24) is 14.7 Å². The van der Waals surface area contributed by atoms with E-state index in [-0.39, 0.29) is 19.6 Å². The summed E-state index contributed by atoms with van der Waals surface area (Å²) in [5, 5.41) is 4.49. The molecular formula is C32H33ClF5N5O3. The molecule has 46 heavy (non-hydrogen) atoms. The van der Waals surface area contributed by atoms with Crippen molar-refractivity contribution in [3.63, 3.8) is 0 Å². The van der Waals surface area contributed by atoms with Crippen molar-refractivity contribution in [2.75, 3.05) is 55.7 Å². The van der Waals surface area contributed by atoms with Crippen LogP contribution >= 0.6 is 11.6 Å². The van der Waals surface area contributed by atoms with Crippen molar-refractivity contribution in [2.45, 2.75) is 44.3 Å². The number of halogens is 6. The lowest BCUT2D eigenvalue weighted by Crippen LogP contribution is -2.49. The third kappa shape index (κ3) is 6.38. The molecule has 0 radical (unpaired) electrons. The number of amides is 1. The van der Waals surface area contributed by atoms with E-state index in [4.69, 9.17) is 16.3 Å². The lowest BCUT2D eigenvalue weighted by atomic mass is 9.99. The van der Waals surface area contributed by atoms with Crippen LogP contribution in [0.4, 0.5) is 33.3 Å². The Hall–Kier alpha value is -3.87. The quantitative estimate of drug-likeness (QED) is 0.211. The summed E-state index contributed by atoms with van der Waals surface area (Å²) in [7, 11) is 0. The van der Waals surface area contributed by atoms with Gasteiger partial charge < -0.3 is 19.4 Å². The lowest BCUT2D eigenvalue weighted by Gasteiger charge is -2.37. The minimum absolute atomic E-state index is 0.0567. The highest BCUT2D eigenvalue weighted by Crippen LogP contribution is 2.49. The first kappa shape index (κ1) is 32.1. The van der Waals surface area contributed by atoms with E-state index in [1.807, 2.05) is 35.2 Å². The van der Waals surface area contributed by atoms with E-state index >= 15 is 0 Å². The molecule has 0 spiro atoms. The van der Waals surface area contributed by atoms with Crippen molar-refractivity contribution < 1.29 is 36.3 Å². The summed E-state index contributed by atoms with van der Waals surface area (Å²) in [4.78, 5) is 30.3. The van der Waals surface area contributed by atoms with Crippen LogP contribution in [0.1, 0.15) is 48.3 Å². The molecule has 2 aliphatic heterocycles. The predicted molar refractivity (Wildman–Crippen MR) is 162 cm³/mol. The average molecular weight is 666 g/mol. The van der Waals surface area contributed by atoms with Gasteiger partial charge in [0.15, 0.2) is 5.69 Å². The smallest absolute Gasteiger partial charge is 0.433 e. The van der Waals surface area contributed by atoms with Gasteiger partial charge in [0.05, 0.1) is 18.8 Å². The molecule has 1 amide bonds. The second kappa shape index (κ2) is 12.4. The van der Waals surface area contributed by atoms with Crippen molar-refractivity contribution >= 4 is 34.9 Å². The Morgan fingerprint density at radius 1 is 1.02 bits per heavy atom. The predicted octanol–water partition coefficient (Wildman–Crippen LogP) is 6.54. The number of nitrogens with zero attached hydrogens (tertiary/aromatic N) is 5. The van der Waals surface area contributed by atoms with Gasteiger partial charge >= 0.3 is 12.1 Å². The molecule has 3 aromatic rings. The molecule has 1 aromatic heterocycles. The molecule has 2 atom stereocenters. The maximum Gasteiger partial charge on any atom is 0.433 e. The topological polar surface area (TPSA) is 70.9 Å². The van der Waals surface area contributed by atoms with E-state index in [1.165, 1.54) is 11.8 Å². The number of esters is 1. The Morgan fingerprint density at radius 2 is 1.72 bits per heavy atom. The highest BCUT2D eigenvalue weighted by molar-refractivity contribution is 6.31. The Bertz CT molecular complexity index is 1600. The number of hydrogen-bond donors (Lipinski definition) is 0. The summed E-state index contributed by atoms with van der Waals surface area (Å²) in [6.45, 7) is 4.07. The number of ether oxygens (including phenoxy) is 1. The van der Waals surface area contributed by atoms with Crippen molar-refractivity contribution in [2.24, 2.45) is 5.92 Å². The third-order valence-electron chi connectivity index (χ3n) is 8.86. The molecule has 2 unspecified atom stereocenters. The maximum atomic E-state index is 14.2. The second-order valence-electron chi connectivity index (χ2n) is 11.9. The Balaban J connectivity index is 1.19. The van der Waals surface area contributed by atoms with Gasteiger partial charge in [-0.05, 0) is 49.6 Å². The summed E-state index contributed by atoms with van der Waals surface area (Å²) in [6, 6.07) is 12.6. The summed E-state index contributed by atoms with van der Waals surface area (Å²) < 4.78 is 75.1. The Morgan fingerprint density at radius 3 is 2.35 bits per heavy atom. The van der Waals surface area contributed by atoms with Gasteiger partial charge in [-0.1, -0.05) is 29.8 Å². The number of alkyl halides is 5. The summed E-state index contributed by atoms with van der Waals surface area (Å²) in [5.41, 5.74) is 1.70. The van der Waals surface area contributed by atoms with Crippen LogP contribution < -0.4 is 9.80 Å². The van der Waals surface area contributed by atoms with Gasteiger partial charge in [-0.2, -0.15) is 18.3 Å². The molecule has 2 aromatic carbocycles. The number of piperidine rings is 1. The van der Waals surface area contributed by atoms with E-state index in [1.54, 1.807) is 12.1 Å².